The van der Waals surface area contributed by atoms with Gasteiger partial charge in [0.2, 0.25) is 5.95 Å². The van der Waals surface area contributed by atoms with Crippen molar-refractivity contribution < 1.29 is 14.3 Å². The van der Waals surface area contributed by atoms with Crippen LogP contribution in [0.15, 0.2) is 30.3 Å². The summed E-state index contributed by atoms with van der Waals surface area (Å²) in [5, 5.41) is 3.19. The summed E-state index contributed by atoms with van der Waals surface area (Å²) in [6.07, 6.45) is 2.25. The first-order chi connectivity index (χ1) is 13.6. The minimum atomic E-state index is -0.160. The zero-order chi connectivity index (χ0) is 19.5. The van der Waals surface area contributed by atoms with Gasteiger partial charge in [0.05, 0.1) is 26.4 Å². The van der Waals surface area contributed by atoms with Crippen LogP contribution in [0.25, 0.3) is 0 Å². The van der Waals surface area contributed by atoms with Gasteiger partial charge in [-0.15, -0.1) is 0 Å². The normalized spacial score (nSPS) is 17.9. The molecule has 0 bridgehead atoms. The SMILES string of the molecule is COc1ccc(C(NC(=O)c2cc(C)nc(N3CCOCC3)n2)C2CC2)cc1. The average molecular weight is 382 g/mol. The Morgan fingerprint density at radius 1 is 1.21 bits per heavy atom. The van der Waals surface area contributed by atoms with Crippen LogP contribution in [0.1, 0.15) is 40.6 Å². The number of methoxy groups -OCH3 is 1. The lowest BCUT2D eigenvalue weighted by Crippen LogP contribution is -2.38. The standard InChI is InChI=1S/C21H26N4O3/c1-14-13-18(23-21(22-14)25-9-11-28-12-10-25)20(26)24-19(15-3-4-15)16-5-7-17(27-2)8-6-16/h5-8,13,15,19H,3-4,9-12H2,1-2H3,(H,24,26). The molecule has 1 saturated carbocycles. The van der Waals surface area contributed by atoms with E-state index in [1.165, 1.54) is 0 Å². The predicted octanol–water partition coefficient (Wildman–Crippen LogP) is 2.51. The van der Waals surface area contributed by atoms with Gasteiger partial charge in [0, 0.05) is 18.8 Å². The molecule has 148 valence electrons. The van der Waals surface area contributed by atoms with Gasteiger partial charge in [-0.05, 0) is 49.4 Å². The number of carbonyl (C=O) groups excluding carboxylic acids is 1. The van der Waals surface area contributed by atoms with Crippen molar-refractivity contribution in [3.63, 3.8) is 0 Å². The Hall–Kier alpha value is -2.67. The molecule has 1 aromatic carbocycles. The summed E-state index contributed by atoms with van der Waals surface area (Å²) in [6.45, 7) is 4.67. The molecule has 28 heavy (non-hydrogen) atoms. The Morgan fingerprint density at radius 3 is 2.57 bits per heavy atom. The Balaban J connectivity index is 1.53. The quantitative estimate of drug-likeness (QED) is 0.827. The minimum Gasteiger partial charge on any atom is -0.497 e. The molecule has 0 radical (unpaired) electrons. The van der Waals surface area contributed by atoms with Gasteiger partial charge in [-0.1, -0.05) is 12.1 Å². The largest absolute Gasteiger partial charge is 0.497 e. The fourth-order valence-electron chi connectivity index (χ4n) is 3.50. The molecule has 1 aromatic heterocycles. The zero-order valence-electron chi connectivity index (χ0n) is 16.4. The van der Waals surface area contributed by atoms with Crippen molar-refractivity contribution in [3.8, 4) is 5.75 Å². The maximum atomic E-state index is 13.0. The van der Waals surface area contributed by atoms with Crippen molar-refractivity contribution >= 4 is 11.9 Å². The Labute approximate surface area is 165 Å². The van der Waals surface area contributed by atoms with E-state index in [1.54, 1.807) is 13.2 Å². The van der Waals surface area contributed by atoms with Crippen LogP contribution in [-0.4, -0.2) is 49.3 Å². The van der Waals surface area contributed by atoms with Crippen LogP contribution in [0.4, 0.5) is 5.95 Å². The third kappa shape index (κ3) is 4.25. The number of aromatic nitrogens is 2. The number of amides is 1. The third-order valence-electron chi connectivity index (χ3n) is 5.22. The molecule has 1 amide bonds. The van der Waals surface area contributed by atoms with Crippen molar-refractivity contribution in [3.05, 3.63) is 47.3 Å². The number of nitrogens with one attached hydrogen (secondary N) is 1. The van der Waals surface area contributed by atoms with E-state index in [4.69, 9.17) is 9.47 Å². The summed E-state index contributed by atoms with van der Waals surface area (Å²) < 4.78 is 10.6. The monoisotopic (exact) mass is 382 g/mol. The van der Waals surface area contributed by atoms with E-state index >= 15 is 0 Å². The van der Waals surface area contributed by atoms with E-state index in [0.717, 1.165) is 42.9 Å². The number of nitrogens with zero attached hydrogens (tertiary/aromatic N) is 3. The summed E-state index contributed by atoms with van der Waals surface area (Å²) >= 11 is 0. The van der Waals surface area contributed by atoms with Gasteiger partial charge in [0.1, 0.15) is 11.4 Å². The third-order valence-corrected chi connectivity index (χ3v) is 5.22. The summed E-state index contributed by atoms with van der Waals surface area (Å²) in [4.78, 5) is 24.1. The summed E-state index contributed by atoms with van der Waals surface area (Å²) in [5.74, 6) is 1.72. The molecule has 2 aliphatic rings. The highest BCUT2D eigenvalue weighted by atomic mass is 16.5. The molecule has 7 heteroatoms. The molecule has 1 unspecified atom stereocenters. The molecule has 2 fully saturated rings. The number of rotatable bonds is 6. The maximum Gasteiger partial charge on any atom is 0.270 e. The smallest absolute Gasteiger partial charge is 0.270 e. The fraction of sp³-hybridized carbons (Fsp3) is 0.476. The number of anilines is 1. The van der Waals surface area contributed by atoms with Gasteiger partial charge in [-0.2, -0.15) is 0 Å². The first-order valence-electron chi connectivity index (χ1n) is 9.77. The van der Waals surface area contributed by atoms with E-state index in [-0.39, 0.29) is 11.9 Å². The fourth-order valence-corrected chi connectivity index (χ4v) is 3.50. The number of aryl methyl sites for hydroxylation is 1. The first kappa shape index (κ1) is 18.7. The van der Waals surface area contributed by atoms with E-state index in [0.29, 0.717) is 30.8 Å². The molecular weight excluding hydrogens is 356 g/mol. The number of carbonyl (C=O) groups is 1. The van der Waals surface area contributed by atoms with Crippen LogP contribution in [0.5, 0.6) is 5.75 Å². The average Bonchev–Trinajstić information content (AvgIpc) is 3.57. The van der Waals surface area contributed by atoms with Crippen LogP contribution in [0.3, 0.4) is 0 Å². The van der Waals surface area contributed by atoms with Crippen molar-refractivity contribution in [2.24, 2.45) is 5.92 Å². The Bertz CT molecular complexity index is 830. The van der Waals surface area contributed by atoms with Gasteiger partial charge >= 0.3 is 0 Å². The molecule has 1 saturated heterocycles. The Kier molecular flexibility index (Phi) is 5.43. The van der Waals surface area contributed by atoms with Crippen LogP contribution >= 0.6 is 0 Å². The van der Waals surface area contributed by atoms with Crippen LogP contribution in [0.2, 0.25) is 0 Å². The van der Waals surface area contributed by atoms with Crippen molar-refractivity contribution in [2.45, 2.75) is 25.8 Å². The second kappa shape index (κ2) is 8.14. The summed E-state index contributed by atoms with van der Waals surface area (Å²) in [5.41, 5.74) is 2.29. The maximum absolute atomic E-state index is 13.0. The number of hydrogen-bond donors (Lipinski definition) is 1. The lowest BCUT2D eigenvalue weighted by Gasteiger charge is -2.27. The number of hydrogen-bond acceptors (Lipinski definition) is 6. The lowest BCUT2D eigenvalue weighted by molar-refractivity contribution is 0.0926. The van der Waals surface area contributed by atoms with Crippen LogP contribution in [0, 0.1) is 12.8 Å². The number of benzene rings is 1. The molecule has 7 nitrogen and oxygen atoms in total. The zero-order valence-corrected chi connectivity index (χ0v) is 16.4. The molecule has 2 aromatic rings. The molecule has 1 aliphatic heterocycles. The van der Waals surface area contributed by atoms with Gasteiger partial charge in [-0.25, -0.2) is 9.97 Å². The highest BCUT2D eigenvalue weighted by Crippen LogP contribution is 2.41. The number of morpholine rings is 1. The van der Waals surface area contributed by atoms with Gasteiger partial charge in [0.15, 0.2) is 0 Å². The van der Waals surface area contributed by atoms with E-state index in [2.05, 4.69) is 20.2 Å². The molecular formula is C21H26N4O3. The highest BCUT2D eigenvalue weighted by Gasteiger charge is 2.34. The molecule has 1 N–H and O–H groups in total. The van der Waals surface area contributed by atoms with Crippen molar-refractivity contribution in [1.29, 1.82) is 0 Å². The molecule has 0 spiro atoms. The van der Waals surface area contributed by atoms with E-state index in [9.17, 15) is 4.79 Å². The summed E-state index contributed by atoms with van der Waals surface area (Å²) in [7, 11) is 1.65. The second-order valence-corrected chi connectivity index (χ2v) is 7.36. The van der Waals surface area contributed by atoms with E-state index in [1.807, 2.05) is 31.2 Å². The predicted molar refractivity (Wildman–Crippen MR) is 106 cm³/mol. The number of ether oxygens (including phenoxy) is 2. The van der Waals surface area contributed by atoms with Crippen LogP contribution < -0.4 is 15.0 Å². The topological polar surface area (TPSA) is 76.6 Å². The second-order valence-electron chi connectivity index (χ2n) is 7.36. The molecule has 1 aliphatic carbocycles. The van der Waals surface area contributed by atoms with Crippen LogP contribution in [-0.2, 0) is 4.74 Å². The lowest BCUT2D eigenvalue weighted by atomic mass is 10.0. The molecule has 4 rings (SSSR count). The summed E-state index contributed by atoms with van der Waals surface area (Å²) in [6, 6.07) is 9.64. The first-order valence-corrected chi connectivity index (χ1v) is 9.77. The van der Waals surface area contributed by atoms with Crippen molar-refractivity contribution in [2.75, 3.05) is 38.3 Å². The van der Waals surface area contributed by atoms with Gasteiger partial charge in [-0.3, -0.25) is 4.79 Å². The minimum absolute atomic E-state index is 0.0134. The van der Waals surface area contributed by atoms with Crippen molar-refractivity contribution in [1.82, 2.24) is 15.3 Å². The van der Waals surface area contributed by atoms with Gasteiger partial charge < -0.3 is 19.7 Å². The highest BCUT2D eigenvalue weighted by molar-refractivity contribution is 5.93. The van der Waals surface area contributed by atoms with Gasteiger partial charge in [0.25, 0.3) is 5.91 Å². The molecule has 2 heterocycles. The molecule has 1 atom stereocenters. The Morgan fingerprint density at radius 2 is 1.93 bits per heavy atom. The van der Waals surface area contributed by atoms with E-state index < -0.39 is 0 Å².